The zero-order chi connectivity index (χ0) is 17.7. The molecule has 0 radical (unpaired) electrons. The Morgan fingerprint density at radius 1 is 1.33 bits per heavy atom. The van der Waals surface area contributed by atoms with Crippen LogP contribution in [0.4, 0.5) is 0 Å². The van der Waals surface area contributed by atoms with Crippen LogP contribution in [0.5, 0.6) is 0 Å². The van der Waals surface area contributed by atoms with E-state index >= 15 is 0 Å². The largest absolute Gasteiger partial charge is 0.497 e. The van der Waals surface area contributed by atoms with E-state index in [0.29, 0.717) is 11.3 Å². The first-order valence-electron chi connectivity index (χ1n) is 7.62. The molecule has 1 aromatic heterocycles. The van der Waals surface area contributed by atoms with E-state index in [0.717, 1.165) is 0 Å². The fourth-order valence-electron chi connectivity index (χ4n) is 2.57. The van der Waals surface area contributed by atoms with Gasteiger partial charge >= 0.3 is 0 Å². The Labute approximate surface area is 141 Å². The Morgan fingerprint density at radius 3 is 2.58 bits per heavy atom. The Balaban J connectivity index is 2.32. The quantitative estimate of drug-likeness (QED) is 0.742. The van der Waals surface area contributed by atoms with Crippen LogP contribution in [0.1, 0.15) is 27.0 Å². The maximum absolute atomic E-state index is 11.3. The van der Waals surface area contributed by atoms with Crippen molar-refractivity contribution in [3.8, 4) is 0 Å². The number of methoxy groups -OCH3 is 2. The lowest BCUT2D eigenvalue weighted by Crippen LogP contribution is -2.40. The monoisotopic (exact) mass is 333 g/mol. The van der Waals surface area contributed by atoms with Gasteiger partial charge in [0.05, 0.1) is 12.7 Å². The fourth-order valence-corrected chi connectivity index (χ4v) is 2.57. The molecule has 0 fully saturated rings. The van der Waals surface area contributed by atoms with Crippen LogP contribution < -0.4 is 0 Å². The fraction of sp³-hybridized carbons (Fsp3) is 0.529. The summed E-state index contributed by atoms with van der Waals surface area (Å²) < 4.78 is 18.6. The van der Waals surface area contributed by atoms with Crippen LogP contribution in [0.2, 0.25) is 0 Å². The lowest BCUT2D eigenvalue weighted by atomic mass is 9.87. The van der Waals surface area contributed by atoms with Gasteiger partial charge in [0.1, 0.15) is 36.6 Å². The number of rotatable bonds is 6. The summed E-state index contributed by atoms with van der Waals surface area (Å²) in [7, 11) is 3.16. The average molecular weight is 333 g/mol. The van der Waals surface area contributed by atoms with E-state index in [1.807, 2.05) is 26.7 Å². The van der Waals surface area contributed by atoms with Gasteiger partial charge in [0.25, 0.3) is 0 Å². The molecule has 3 atom stereocenters. The Morgan fingerprint density at radius 2 is 2.08 bits per heavy atom. The van der Waals surface area contributed by atoms with Gasteiger partial charge in [0.15, 0.2) is 6.23 Å². The van der Waals surface area contributed by atoms with Crippen molar-refractivity contribution in [2.75, 3.05) is 14.2 Å². The summed E-state index contributed by atoms with van der Waals surface area (Å²) in [5.74, 6) is 2.49. The number of carbonyl (C=O) groups excluding carboxylic acids is 1. The van der Waals surface area contributed by atoms with Crippen molar-refractivity contribution in [1.29, 1.82) is 0 Å². The summed E-state index contributed by atoms with van der Waals surface area (Å²) in [5.41, 5.74) is 0.130. The molecule has 0 N–H and O–H groups in total. The predicted octanol–water partition coefficient (Wildman–Crippen LogP) is 2.08. The molecule has 0 bridgehead atoms. The molecule has 1 aliphatic carbocycles. The van der Waals surface area contributed by atoms with Gasteiger partial charge in [0.2, 0.25) is 0 Å². The van der Waals surface area contributed by atoms with Gasteiger partial charge in [-0.25, -0.2) is 14.5 Å². The molecule has 0 aromatic carbocycles. The lowest BCUT2D eigenvalue weighted by Gasteiger charge is -2.37. The number of ether oxygens (including phenoxy) is 3. The summed E-state index contributed by atoms with van der Waals surface area (Å²) in [6.45, 7) is 6.14. The molecule has 7 heteroatoms. The van der Waals surface area contributed by atoms with E-state index in [4.69, 9.17) is 14.2 Å². The van der Waals surface area contributed by atoms with Gasteiger partial charge in [-0.05, 0) is 23.6 Å². The normalized spacial score (nSPS) is 20.3. The number of hydrogen-bond acceptors (Lipinski definition) is 6. The second-order valence-corrected chi connectivity index (χ2v) is 6.51. The first-order valence-corrected chi connectivity index (χ1v) is 7.62. The molecule has 0 aliphatic heterocycles. The third kappa shape index (κ3) is 4.00. The smallest absolute Gasteiger partial charge is 0.179 e. The van der Waals surface area contributed by atoms with Crippen LogP contribution in [0.25, 0.3) is 0 Å². The van der Waals surface area contributed by atoms with Crippen molar-refractivity contribution < 1.29 is 19.0 Å². The molecule has 1 aliphatic rings. The number of allylic oxidation sites excluding steroid dienone is 1. The Hall–Kier alpha value is -2.21. The molecule has 0 amide bonds. The van der Waals surface area contributed by atoms with E-state index < -0.39 is 12.3 Å². The van der Waals surface area contributed by atoms with E-state index in [2.05, 4.69) is 10.1 Å². The Kier molecular flexibility index (Phi) is 5.72. The summed E-state index contributed by atoms with van der Waals surface area (Å²) in [6, 6.07) is 0. The third-order valence-corrected chi connectivity index (χ3v) is 3.74. The minimum Gasteiger partial charge on any atom is -0.497 e. The van der Waals surface area contributed by atoms with Crippen LogP contribution in [-0.4, -0.2) is 47.1 Å². The van der Waals surface area contributed by atoms with Crippen LogP contribution in [0, 0.1) is 5.41 Å². The Bertz CT molecular complexity index is 652. The molecule has 3 unspecified atom stereocenters. The average Bonchev–Trinajstić information content (AvgIpc) is 3.07. The zero-order valence-electron chi connectivity index (χ0n) is 14.6. The molecular weight excluding hydrogens is 310 g/mol. The first-order chi connectivity index (χ1) is 11.4. The van der Waals surface area contributed by atoms with E-state index in [-0.39, 0.29) is 11.5 Å². The number of hydrogen-bond donors (Lipinski definition) is 0. The predicted molar refractivity (Wildman–Crippen MR) is 87.6 cm³/mol. The highest BCUT2D eigenvalue weighted by molar-refractivity contribution is 5.62. The van der Waals surface area contributed by atoms with Crippen LogP contribution >= 0.6 is 0 Å². The SMILES string of the molecule is COC1=CC(=C=O)C(OC(C(OC)C(C)(C)C)n2cncn2)C=C1. The van der Waals surface area contributed by atoms with Gasteiger partial charge < -0.3 is 14.2 Å². The first kappa shape index (κ1) is 18.1. The second-order valence-electron chi connectivity index (χ2n) is 6.51. The maximum atomic E-state index is 11.3. The molecule has 1 heterocycles. The molecule has 0 saturated heterocycles. The van der Waals surface area contributed by atoms with Gasteiger partial charge in [-0.1, -0.05) is 20.8 Å². The minimum absolute atomic E-state index is 0.220. The molecular formula is C17H23N3O4. The highest BCUT2D eigenvalue weighted by Gasteiger charge is 2.37. The number of aromatic nitrogens is 3. The standard InChI is InChI=1S/C17H23N3O4/c1-17(2,3)15(23-5)16(20-11-18-10-19-20)24-14-7-6-13(22-4)8-12(14)9-21/h6-8,10-11,14-16H,1-5H3. The van der Waals surface area contributed by atoms with Crippen molar-refractivity contribution in [3.05, 3.63) is 42.2 Å². The van der Waals surface area contributed by atoms with Gasteiger partial charge in [0, 0.05) is 7.11 Å². The van der Waals surface area contributed by atoms with Crippen LogP contribution in [-0.2, 0) is 19.0 Å². The summed E-state index contributed by atoms with van der Waals surface area (Å²) in [5, 5.41) is 4.17. The molecule has 1 aromatic rings. The van der Waals surface area contributed by atoms with E-state index in [1.165, 1.54) is 6.33 Å². The van der Waals surface area contributed by atoms with E-state index in [9.17, 15) is 4.79 Å². The van der Waals surface area contributed by atoms with Crippen molar-refractivity contribution >= 4 is 5.94 Å². The van der Waals surface area contributed by atoms with Gasteiger partial charge in [-0.2, -0.15) is 5.10 Å². The highest BCUT2D eigenvalue weighted by Crippen LogP contribution is 2.33. The molecule has 7 nitrogen and oxygen atoms in total. The second kappa shape index (κ2) is 7.57. The zero-order valence-corrected chi connectivity index (χ0v) is 14.6. The maximum Gasteiger partial charge on any atom is 0.179 e. The van der Waals surface area contributed by atoms with Crippen molar-refractivity contribution in [2.45, 2.75) is 39.2 Å². The van der Waals surface area contributed by atoms with Crippen LogP contribution in [0.3, 0.4) is 0 Å². The highest BCUT2D eigenvalue weighted by atomic mass is 16.6. The molecule has 0 saturated carbocycles. The summed E-state index contributed by atoms with van der Waals surface area (Å²) >= 11 is 0. The molecule has 130 valence electrons. The molecule has 2 rings (SSSR count). The van der Waals surface area contributed by atoms with Crippen LogP contribution in [0.15, 0.2) is 42.2 Å². The van der Waals surface area contributed by atoms with Crippen molar-refractivity contribution in [1.82, 2.24) is 14.8 Å². The van der Waals surface area contributed by atoms with E-state index in [1.54, 1.807) is 43.5 Å². The number of nitrogens with zero attached hydrogens (tertiary/aromatic N) is 3. The third-order valence-electron chi connectivity index (χ3n) is 3.74. The molecule has 0 spiro atoms. The van der Waals surface area contributed by atoms with Crippen molar-refractivity contribution in [3.63, 3.8) is 0 Å². The van der Waals surface area contributed by atoms with Gasteiger partial charge in [-0.15, -0.1) is 0 Å². The van der Waals surface area contributed by atoms with Gasteiger partial charge in [-0.3, -0.25) is 0 Å². The summed E-state index contributed by atoms with van der Waals surface area (Å²) in [6.07, 6.45) is 6.66. The molecule has 24 heavy (non-hydrogen) atoms. The topological polar surface area (TPSA) is 75.5 Å². The lowest BCUT2D eigenvalue weighted by molar-refractivity contribution is -0.149. The van der Waals surface area contributed by atoms with Crippen molar-refractivity contribution in [2.24, 2.45) is 5.41 Å². The minimum atomic E-state index is -0.574. The summed E-state index contributed by atoms with van der Waals surface area (Å²) in [4.78, 5) is 15.3.